The average molecular weight is 375 g/mol. The Morgan fingerprint density at radius 1 is 1.38 bits per heavy atom. The Bertz CT molecular complexity index is 779. The van der Waals surface area contributed by atoms with Gasteiger partial charge in [0.2, 0.25) is 20.0 Å². The molecule has 0 radical (unpaired) electrons. The van der Waals surface area contributed by atoms with Crippen LogP contribution < -0.4 is 4.72 Å². The lowest BCUT2D eigenvalue weighted by atomic mass is 9.84. The molecule has 2 saturated heterocycles. The van der Waals surface area contributed by atoms with Gasteiger partial charge in [-0.2, -0.15) is 4.31 Å². The number of rotatable bonds is 5. The summed E-state index contributed by atoms with van der Waals surface area (Å²) in [5, 5.41) is 0. The number of aromatic nitrogens is 1. The van der Waals surface area contributed by atoms with Crippen molar-refractivity contribution in [3.05, 3.63) is 24.5 Å². The Kier molecular flexibility index (Phi) is 4.69. The summed E-state index contributed by atoms with van der Waals surface area (Å²) in [5.41, 5.74) is -0.434. The van der Waals surface area contributed by atoms with Crippen LogP contribution in [0.4, 0.5) is 0 Å². The first-order chi connectivity index (χ1) is 11.2. The van der Waals surface area contributed by atoms with Gasteiger partial charge in [-0.25, -0.2) is 21.6 Å². The van der Waals surface area contributed by atoms with E-state index >= 15 is 0 Å². The van der Waals surface area contributed by atoms with Crippen LogP contribution in [-0.2, 0) is 24.8 Å². The Balaban J connectivity index is 1.54. The molecule has 24 heavy (non-hydrogen) atoms. The summed E-state index contributed by atoms with van der Waals surface area (Å²) in [7, 11) is -6.72. The number of ether oxygens (including phenoxy) is 1. The van der Waals surface area contributed by atoms with Gasteiger partial charge in [0.1, 0.15) is 4.90 Å². The van der Waals surface area contributed by atoms with Crippen LogP contribution in [0.2, 0.25) is 0 Å². The van der Waals surface area contributed by atoms with E-state index in [9.17, 15) is 16.8 Å². The van der Waals surface area contributed by atoms with E-state index in [1.807, 2.05) is 0 Å². The largest absolute Gasteiger partial charge is 0.372 e. The van der Waals surface area contributed by atoms with E-state index in [0.717, 1.165) is 19.1 Å². The lowest BCUT2D eigenvalue weighted by Gasteiger charge is -2.51. The molecule has 0 bridgehead atoms. The topological polar surface area (TPSA) is 106 Å². The molecule has 134 valence electrons. The SMILES string of the molecule is CS(=O)(=O)NC[C@@H]1CCC2(CN(S(=O)(=O)c3cccnc3)C2)OC1. The molecule has 0 saturated carbocycles. The molecule has 0 aliphatic carbocycles. The van der Waals surface area contributed by atoms with Gasteiger partial charge in [0, 0.05) is 32.0 Å². The van der Waals surface area contributed by atoms with E-state index in [2.05, 4.69) is 9.71 Å². The van der Waals surface area contributed by atoms with Crippen LogP contribution in [0.1, 0.15) is 12.8 Å². The van der Waals surface area contributed by atoms with Gasteiger partial charge in [-0.1, -0.05) is 0 Å². The number of nitrogens with one attached hydrogen (secondary N) is 1. The van der Waals surface area contributed by atoms with Crippen LogP contribution in [0.3, 0.4) is 0 Å². The molecule has 0 amide bonds. The summed E-state index contributed by atoms with van der Waals surface area (Å²) in [6.07, 6.45) is 5.54. The first-order valence-electron chi connectivity index (χ1n) is 7.69. The lowest BCUT2D eigenvalue weighted by Crippen LogP contribution is -2.66. The molecule has 2 aliphatic rings. The van der Waals surface area contributed by atoms with Gasteiger partial charge in [0.15, 0.2) is 0 Å². The van der Waals surface area contributed by atoms with Crippen molar-refractivity contribution in [3.8, 4) is 0 Å². The standard InChI is InChI=1S/C14H21N3O5S2/c1-23(18,19)16-7-12-4-5-14(22-9-12)10-17(11-14)24(20,21)13-3-2-6-15-8-13/h2-3,6,8,12,16H,4-5,7,9-11H2,1H3/t12-/m0/s1. The van der Waals surface area contributed by atoms with Crippen molar-refractivity contribution < 1.29 is 21.6 Å². The monoisotopic (exact) mass is 375 g/mol. The molecule has 3 rings (SSSR count). The van der Waals surface area contributed by atoms with Gasteiger partial charge in [-0.15, -0.1) is 0 Å². The summed E-state index contributed by atoms with van der Waals surface area (Å²) >= 11 is 0. The predicted octanol–water partition coefficient (Wildman–Crippen LogP) is -0.199. The van der Waals surface area contributed by atoms with Gasteiger partial charge in [0.05, 0.1) is 18.5 Å². The van der Waals surface area contributed by atoms with Crippen molar-refractivity contribution in [1.29, 1.82) is 0 Å². The second-order valence-electron chi connectivity index (χ2n) is 6.48. The Morgan fingerprint density at radius 3 is 2.67 bits per heavy atom. The zero-order chi connectivity index (χ0) is 17.4. The van der Waals surface area contributed by atoms with E-state index in [1.54, 1.807) is 6.07 Å². The van der Waals surface area contributed by atoms with E-state index < -0.39 is 25.6 Å². The van der Waals surface area contributed by atoms with Crippen molar-refractivity contribution in [2.45, 2.75) is 23.3 Å². The molecule has 1 spiro atoms. The molecule has 10 heteroatoms. The number of sulfonamides is 2. The molecule has 8 nitrogen and oxygen atoms in total. The Morgan fingerprint density at radius 2 is 2.12 bits per heavy atom. The predicted molar refractivity (Wildman–Crippen MR) is 87.2 cm³/mol. The molecule has 1 aromatic heterocycles. The highest BCUT2D eigenvalue weighted by atomic mass is 32.2. The fraction of sp³-hybridized carbons (Fsp3) is 0.643. The van der Waals surface area contributed by atoms with Crippen molar-refractivity contribution in [3.63, 3.8) is 0 Å². The zero-order valence-electron chi connectivity index (χ0n) is 13.4. The highest BCUT2D eigenvalue weighted by Crippen LogP contribution is 2.38. The summed E-state index contributed by atoms with van der Waals surface area (Å²) < 4.78 is 57.0. The third-order valence-electron chi connectivity index (χ3n) is 4.47. The van der Waals surface area contributed by atoms with Gasteiger partial charge >= 0.3 is 0 Å². The summed E-state index contributed by atoms with van der Waals surface area (Å²) in [5.74, 6) is 0.120. The molecule has 1 atom stereocenters. The lowest BCUT2D eigenvalue weighted by molar-refractivity contribution is -0.156. The maximum Gasteiger partial charge on any atom is 0.244 e. The quantitative estimate of drug-likeness (QED) is 0.764. The van der Waals surface area contributed by atoms with Gasteiger partial charge < -0.3 is 4.74 Å². The van der Waals surface area contributed by atoms with Crippen LogP contribution in [0.25, 0.3) is 0 Å². The fourth-order valence-corrected chi connectivity index (χ4v) is 5.10. The second kappa shape index (κ2) is 6.34. The van der Waals surface area contributed by atoms with E-state index in [1.165, 1.54) is 22.8 Å². The smallest absolute Gasteiger partial charge is 0.244 e. The third-order valence-corrected chi connectivity index (χ3v) is 6.94. The molecule has 2 aliphatic heterocycles. The first-order valence-corrected chi connectivity index (χ1v) is 11.0. The molecule has 0 aromatic carbocycles. The summed E-state index contributed by atoms with van der Waals surface area (Å²) in [6, 6.07) is 3.13. The molecule has 1 N–H and O–H groups in total. The summed E-state index contributed by atoms with van der Waals surface area (Å²) in [6.45, 7) is 1.45. The Labute approximate surface area is 142 Å². The van der Waals surface area contributed by atoms with Crippen molar-refractivity contribution in [2.75, 3.05) is 32.5 Å². The highest BCUT2D eigenvalue weighted by molar-refractivity contribution is 7.89. The Hall–Kier alpha value is -1.07. The molecular formula is C14H21N3O5S2. The number of hydrogen-bond donors (Lipinski definition) is 1. The van der Waals surface area contributed by atoms with E-state index in [-0.39, 0.29) is 10.8 Å². The van der Waals surface area contributed by atoms with Crippen molar-refractivity contribution in [2.24, 2.45) is 5.92 Å². The van der Waals surface area contributed by atoms with Crippen LogP contribution in [0.5, 0.6) is 0 Å². The van der Waals surface area contributed by atoms with E-state index in [4.69, 9.17) is 4.74 Å². The highest BCUT2D eigenvalue weighted by Gasteiger charge is 2.51. The minimum Gasteiger partial charge on any atom is -0.372 e. The van der Waals surface area contributed by atoms with Gasteiger partial charge in [0.25, 0.3) is 0 Å². The molecule has 2 fully saturated rings. The van der Waals surface area contributed by atoms with Crippen molar-refractivity contribution >= 4 is 20.0 Å². The maximum absolute atomic E-state index is 12.5. The van der Waals surface area contributed by atoms with Crippen molar-refractivity contribution in [1.82, 2.24) is 14.0 Å². The first kappa shape index (κ1) is 17.7. The minimum atomic E-state index is -3.52. The van der Waals surface area contributed by atoms with Gasteiger partial charge in [-0.05, 0) is 30.9 Å². The summed E-state index contributed by atoms with van der Waals surface area (Å²) in [4.78, 5) is 4.04. The number of pyridine rings is 1. The number of nitrogens with zero attached hydrogens (tertiary/aromatic N) is 2. The van der Waals surface area contributed by atoms with Crippen LogP contribution in [0, 0.1) is 5.92 Å². The van der Waals surface area contributed by atoms with Gasteiger partial charge in [-0.3, -0.25) is 4.98 Å². The molecule has 1 aromatic rings. The maximum atomic E-state index is 12.5. The van der Waals surface area contributed by atoms with Crippen LogP contribution >= 0.6 is 0 Å². The third kappa shape index (κ3) is 3.77. The second-order valence-corrected chi connectivity index (χ2v) is 10.3. The number of hydrogen-bond acceptors (Lipinski definition) is 6. The normalized spacial score (nSPS) is 24.6. The molecule has 3 heterocycles. The van der Waals surface area contributed by atoms with Crippen LogP contribution in [-0.4, -0.2) is 64.2 Å². The average Bonchev–Trinajstić information content (AvgIpc) is 2.51. The molecule has 0 unspecified atom stereocenters. The van der Waals surface area contributed by atoms with E-state index in [0.29, 0.717) is 26.2 Å². The van der Waals surface area contributed by atoms with Crippen LogP contribution in [0.15, 0.2) is 29.4 Å². The minimum absolute atomic E-state index is 0.120. The fourth-order valence-electron chi connectivity index (χ4n) is 3.01. The zero-order valence-corrected chi connectivity index (χ0v) is 15.0. The molecular weight excluding hydrogens is 354 g/mol.